The normalized spacial score (nSPS) is 15.5. The minimum absolute atomic E-state index is 0.0188. The Morgan fingerprint density at radius 2 is 2.10 bits per heavy atom. The van der Waals surface area contributed by atoms with E-state index in [1.54, 1.807) is 19.9 Å². The van der Waals surface area contributed by atoms with Gasteiger partial charge in [0.25, 0.3) is 5.91 Å². The van der Waals surface area contributed by atoms with Crippen LogP contribution in [0.25, 0.3) is 0 Å². The van der Waals surface area contributed by atoms with Crippen molar-refractivity contribution in [1.29, 1.82) is 0 Å². The van der Waals surface area contributed by atoms with E-state index in [1.165, 1.54) is 12.1 Å². The second-order valence-electron chi connectivity index (χ2n) is 7.18. The fraction of sp³-hybridized carbons (Fsp3) is 0.381. The summed E-state index contributed by atoms with van der Waals surface area (Å²) < 4.78 is 18.6. The summed E-state index contributed by atoms with van der Waals surface area (Å²) >= 11 is 0.952. The van der Waals surface area contributed by atoms with Crippen molar-refractivity contribution in [1.82, 2.24) is 0 Å². The summed E-state index contributed by atoms with van der Waals surface area (Å²) in [6.07, 6.45) is 1.53. The number of hydrogen-bond acceptors (Lipinski definition) is 6. The summed E-state index contributed by atoms with van der Waals surface area (Å²) in [5.74, 6) is -1.97. The molecule has 0 spiro atoms. The maximum Gasteiger partial charge on any atom is 0.341 e. The molecule has 1 aliphatic rings. The van der Waals surface area contributed by atoms with E-state index < -0.39 is 11.9 Å². The van der Waals surface area contributed by atoms with Gasteiger partial charge in [-0.05, 0) is 62.9 Å². The summed E-state index contributed by atoms with van der Waals surface area (Å²) in [7, 11) is 0. The number of halogens is 1. The van der Waals surface area contributed by atoms with Gasteiger partial charge < -0.3 is 20.7 Å². The van der Waals surface area contributed by atoms with Crippen molar-refractivity contribution in [2.75, 3.05) is 23.4 Å². The van der Waals surface area contributed by atoms with Gasteiger partial charge >= 0.3 is 5.97 Å². The average Bonchev–Trinajstić information content (AvgIpc) is 3.00. The van der Waals surface area contributed by atoms with Gasteiger partial charge in [-0.25, -0.2) is 9.18 Å². The van der Waals surface area contributed by atoms with E-state index in [9.17, 15) is 18.8 Å². The highest BCUT2D eigenvalue weighted by molar-refractivity contribution is 7.18. The van der Waals surface area contributed by atoms with Crippen LogP contribution >= 0.6 is 11.3 Å². The number of anilines is 2. The summed E-state index contributed by atoms with van der Waals surface area (Å²) in [5, 5.41) is 2.96. The Labute approximate surface area is 178 Å². The number of hydrogen-bond donors (Lipinski definition) is 2. The molecule has 1 aromatic heterocycles. The van der Waals surface area contributed by atoms with Crippen LogP contribution in [0, 0.1) is 12.7 Å². The predicted molar refractivity (Wildman–Crippen MR) is 114 cm³/mol. The SMILES string of the molecule is CCOC(=O)c1c(NC(=O)CN2c3ccc(F)cc3CC[C@H]2C)sc(C(N)=O)c1C. The molecule has 0 unspecified atom stereocenters. The van der Waals surface area contributed by atoms with Gasteiger partial charge in [0.1, 0.15) is 10.8 Å². The zero-order valence-corrected chi connectivity index (χ0v) is 17.9. The summed E-state index contributed by atoms with van der Waals surface area (Å²) in [5.41, 5.74) is 7.60. The molecule has 1 atom stereocenters. The number of primary amides is 1. The molecule has 160 valence electrons. The van der Waals surface area contributed by atoms with E-state index in [0.29, 0.717) is 5.56 Å². The number of ether oxygens (including phenoxy) is 1. The second kappa shape index (κ2) is 8.83. The number of thiophene rings is 1. The van der Waals surface area contributed by atoms with Crippen molar-refractivity contribution >= 4 is 39.8 Å². The third kappa shape index (κ3) is 4.30. The minimum Gasteiger partial charge on any atom is -0.462 e. The highest BCUT2D eigenvalue weighted by atomic mass is 32.1. The second-order valence-corrected chi connectivity index (χ2v) is 8.20. The van der Waals surface area contributed by atoms with Crippen molar-refractivity contribution in [3.8, 4) is 0 Å². The lowest BCUT2D eigenvalue weighted by molar-refractivity contribution is -0.115. The molecular weight excluding hydrogens is 409 g/mol. The Morgan fingerprint density at radius 1 is 1.37 bits per heavy atom. The van der Waals surface area contributed by atoms with Gasteiger partial charge in [0, 0.05) is 11.7 Å². The first kappa shape index (κ1) is 21.8. The van der Waals surface area contributed by atoms with Crippen LogP contribution in [-0.4, -0.2) is 37.0 Å². The van der Waals surface area contributed by atoms with E-state index in [4.69, 9.17) is 10.5 Å². The molecule has 30 heavy (non-hydrogen) atoms. The molecule has 2 amide bonds. The van der Waals surface area contributed by atoms with Crippen molar-refractivity contribution in [3.05, 3.63) is 45.6 Å². The maximum absolute atomic E-state index is 13.6. The highest BCUT2D eigenvalue weighted by Crippen LogP contribution is 2.34. The van der Waals surface area contributed by atoms with Gasteiger partial charge in [-0.1, -0.05) is 0 Å². The molecule has 1 aliphatic heterocycles. The van der Waals surface area contributed by atoms with Crippen LogP contribution < -0.4 is 16.0 Å². The molecule has 3 rings (SSSR count). The van der Waals surface area contributed by atoms with E-state index in [2.05, 4.69) is 5.32 Å². The smallest absolute Gasteiger partial charge is 0.341 e. The highest BCUT2D eigenvalue weighted by Gasteiger charge is 2.28. The molecule has 0 saturated carbocycles. The van der Waals surface area contributed by atoms with Crippen LogP contribution in [0.15, 0.2) is 18.2 Å². The average molecular weight is 434 g/mol. The molecule has 3 N–H and O–H groups in total. The van der Waals surface area contributed by atoms with Crippen LogP contribution in [0.4, 0.5) is 15.1 Å². The number of esters is 1. The lowest BCUT2D eigenvalue weighted by Crippen LogP contribution is -2.42. The molecule has 0 saturated heterocycles. The van der Waals surface area contributed by atoms with E-state index in [-0.39, 0.29) is 46.4 Å². The van der Waals surface area contributed by atoms with Gasteiger partial charge in [0.2, 0.25) is 5.91 Å². The fourth-order valence-corrected chi connectivity index (χ4v) is 4.70. The Bertz CT molecular complexity index is 1000. The molecule has 2 aromatic rings. The first-order valence-corrected chi connectivity index (χ1v) is 10.5. The summed E-state index contributed by atoms with van der Waals surface area (Å²) in [6, 6.07) is 4.64. The van der Waals surface area contributed by atoms with E-state index >= 15 is 0 Å². The fourth-order valence-electron chi connectivity index (χ4n) is 3.64. The lowest BCUT2D eigenvalue weighted by atomic mass is 9.96. The molecule has 1 aromatic carbocycles. The Kier molecular flexibility index (Phi) is 6.40. The quantitative estimate of drug-likeness (QED) is 0.681. The third-order valence-corrected chi connectivity index (χ3v) is 6.35. The molecule has 0 aliphatic carbocycles. The number of aryl methyl sites for hydroxylation is 1. The Hall–Kier alpha value is -2.94. The number of nitrogens with one attached hydrogen (secondary N) is 1. The summed E-state index contributed by atoms with van der Waals surface area (Å²) in [6.45, 7) is 5.45. The van der Waals surface area contributed by atoms with Crippen molar-refractivity contribution in [2.24, 2.45) is 5.73 Å². The molecule has 0 fully saturated rings. The molecule has 7 nitrogen and oxygen atoms in total. The molecule has 9 heteroatoms. The van der Waals surface area contributed by atoms with Crippen LogP contribution in [0.2, 0.25) is 0 Å². The van der Waals surface area contributed by atoms with Crippen molar-refractivity contribution in [2.45, 2.75) is 39.7 Å². The van der Waals surface area contributed by atoms with Gasteiger partial charge in [-0.15, -0.1) is 11.3 Å². The van der Waals surface area contributed by atoms with E-state index in [0.717, 1.165) is 35.4 Å². The standard InChI is InChI=1S/C21H24FN3O4S/c1-4-29-21(28)17-12(3)18(19(23)27)30-20(17)24-16(26)10-25-11(2)5-6-13-9-14(22)7-8-15(13)25/h7-9,11H,4-6,10H2,1-3H3,(H2,23,27)(H,24,26)/t11-/m1/s1. The third-order valence-electron chi connectivity index (χ3n) is 5.13. The number of carbonyl (C=O) groups is 3. The van der Waals surface area contributed by atoms with Crippen LogP contribution in [0.1, 0.15) is 51.4 Å². The zero-order valence-electron chi connectivity index (χ0n) is 17.1. The minimum atomic E-state index is -0.677. The maximum atomic E-state index is 13.6. The largest absolute Gasteiger partial charge is 0.462 e. The molecule has 0 bridgehead atoms. The first-order chi connectivity index (χ1) is 14.2. The zero-order chi connectivity index (χ0) is 22.0. The first-order valence-electron chi connectivity index (χ1n) is 9.68. The Morgan fingerprint density at radius 3 is 2.77 bits per heavy atom. The number of rotatable bonds is 6. The van der Waals surface area contributed by atoms with Crippen LogP contribution in [0.5, 0.6) is 0 Å². The van der Waals surface area contributed by atoms with E-state index in [1.807, 2.05) is 11.8 Å². The Balaban J connectivity index is 1.86. The topological polar surface area (TPSA) is 102 Å². The number of nitrogens with two attached hydrogens (primary N) is 1. The number of amides is 2. The van der Waals surface area contributed by atoms with Crippen LogP contribution in [0.3, 0.4) is 0 Å². The molecule has 2 heterocycles. The number of fused-ring (bicyclic) bond motifs is 1. The predicted octanol–water partition coefficient (Wildman–Crippen LogP) is 3.25. The monoisotopic (exact) mass is 433 g/mol. The van der Waals surface area contributed by atoms with Gasteiger partial charge in [0.05, 0.1) is 23.6 Å². The molecular formula is C21H24FN3O4S. The summed E-state index contributed by atoms with van der Waals surface area (Å²) in [4.78, 5) is 39.0. The number of benzene rings is 1. The number of carbonyl (C=O) groups excluding carboxylic acids is 3. The lowest BCUT2D eigenvalue weighted by Gasteiger charge is -2.36. The van der Waals surface area contributed by atoms with Crippen LogP contribution in [-0.2, 0) is 16.0 Å². The van der Waals surface area contributed by atoms with Crippen molar-refractivity contribution in [3.63, 3.8) is 0 Å². The number of nitrogens with zero attached hydrogens (tertiary/aromatic N) is 1. The molecule has 0 radical (unpaired) electrons. The van der Waals surface area contributed by atoms with Gasteiger partial charge in [-0.2, -0.15) is 0 Å². The van der Waals surface area contributed by atoms with Crippen molar-refractivity contribution < 1.29 is 23.5 Å². The van der Waals surface area contributed by atoms with Gasteiger partial charge in [0.15, 0.2) is 0 Å². The van der Waals surface area contributed by atoms with Gasteiger partial charge in [-0.3, -0.25) is 9.59 Å².